The summed E-state index contributed by atoms with van der Waals surface area (Å²) >= 11 is 0. The van der Waals surface area contributed by atoms with E-state index >= 15 is 0 Å². The van der Waals surface area contributed by atoms with Crippen LogP contribution in [-0.4, -0.2) is 47.1 Å². The van der Waals surface area contributed by atoms with Crippen LogP contribution in [0.4, 0.5) is 5.69 Å². The van der Waals surface area contributed by atoms with E-state index < -0.39 is 7.05 Å². The SMILES string of the molecule is CB(O)N1CCC[C@H]1C1=Nc2ccc(-c3ccc(C)c4c3C3CCC4N3C)cc2C1. The summed E-state index contributed by atoms with van der Waals surface area (Å²) in [7, 11) is 1.89. The lowest BCUT2D eigenvalue weighted by Crippen LogP contribution is -2.44. The molecule has 2 bridgehead atoms. The van der Waals surface area contributed by atoms with Gasteiger partial charge < -0.3 is 9.83 Å². The van der Waals surface area contributed by atoms with E-state index in [4.69, 9.17) is 4.99 Å². The van der Waals surface area contributed by atoms with Gasteiger partial charge in [-0.1, -0.05) is 18.2 Å². The van der Waals surface area contributed by atoms with Gasteiger partial charge in [-0.05, 0) is 98.5 Å². The van der Waals surface area contributed by atoms with Crippen molar-refractivity contribution < 1.29 is 5.02 Å². The quantitative estimate of drug-likeness (QED) is 0.762. The highest BCUT2D eigenvalue weighted by atomic mass is 16.2. The lowest BCUT2D eigenvalue weighted by Gasteiger charge is -2.25. The molecule has 4 aliphatic rings. The summed E-state index contributed by atoms with van der Waals surface area (Å²) in [5, 5.41) is 10.1. The number of benzene rings is 2. The van der Waals surface area contributed by atoms with Crippen molar-refractivity contribution in [3.05, 3.63) is 52.6 Å². The van der Waals surface area contributed by atoms with Crippen LogP contribution in [0.5, 0.6) is 0 Å². The normalized spacial score (nSPS) is 27.5. The zero-order chi connectivity index (χ0) is 20.6. The van der Waals surface area contributed by atoms with Gasteiger partial charge in [0.15, 0.2) is 0 Å². The summed E-state index contributed by atoms with van der Waals surface area (Å²) < 4.78 is 0. The van der Waals surface area contributed by atoms with Gasteiger partial charge in [0, 0.05) is 30.3 Å². The molecule has 30 heavy (non-hydrogen) atoms. The van der Waals surface area contributed by atoms with Gasteiger partial charge >= 0.3 is 7.05 Å². The lowest BCUT2D eigenvalue weighted by molar-refractivity contribution is 0.280. The van der Waals surface area contributed by atoms with E-state index in [9.17, 15) is 5.02 Å². The van der Waals surface area contributed by atoms with Gasteiger partial charge in [0.2, 0.25) is 0 Å². The third kappa shape index (κ3) is 2.62. The van der Waals surface area contributed by atoms with Gasteiger partial charge in [0.05, 0.1) is 5.69 Å². The molecule has 5 heteroatoms. The Hall–Kier alpha value is -1.95. The van der Waals surface area contributed by atoms with E-state index in [0.29, 0.717) is 12.1 Å². The molecule has 4 nitrogen and oxygen atoms in total. The van der Waals surface area contributed by atoms with Crippen molar-refractivity contribution in [2.24, 2.45) is 4.99 Å². The minimum Gasteiger partial charge on any atom is -0.437 e. The van der Waals surface area contributed by atoms with Crippen LogP contribution >= 0.6 is 0 Å². The molecule has 2 fully saturated rings. The number of nitrogens with zero attached hydrogens (tertiary/aromatic N) is 3. The van der Waals surface area contributed by atoms with Crippen LogP contribution in [0.1, 0.15) is 60.0 Å². The van der Waals surface area contributed by atoms with E-state index in [1.807, 2.05) is 6.82 Å². The number of hydrogen-bond donors (Lipinski definition) is 1. The molecular weight excluding hydrogens is 369 g/mol. The maximum atomic E-state index is 10.1. The summed E-state index contributed by atoms with van der Waals surface area (Å²) in [5.74, 6) is 0. The fourth-order valence-electron chi connectivity index (χ4n) is 6.61. The molecule has 1 N–H and O–H groups in total. The van der Waals surface area contributed by atoms with Crippen LogP contribution in [-0.2, 0) is 6.42 Å². The highest BCUT2D eigenvalue weighted by Gasteiger charge is 2.44. The molecule has 6 rings (SSSR count). The lowest BCUT2D eigenvalue weighted by atomic mass is 9.82. The second kappa shape index (κ2) is 6.78. The highest BCUT2D eigenvalue weighted by molar-refractivity contribution is 6.46. The summed E-state index contributed by atoms with van der Waals surface area (Å²) in [5.41, 5.74) is 11.0. The van der Waals surface area contributed by atoms with Crippen LogP contribution in [0.3, 0.4) is 0 Å². The fourth-order valence-corrected chi connectivity index (χ4v) is 6.61. The van der Waals surface area contributed by atoms with E-state index in [-0.39, 0.29) is 6.04 Å². The van der Waals surface area contributed by atoms with Crippen molar-refractivity contribution in [3.8, 4) is 11.1 Å². The molecule has 4 heterocycles. The van der Waals surface area contributed by atoms with Crippen molar-refractivity contribution in [1.29, 1.82) is 0 Å². The Balaban J connectivity index is 1.35. The minimum atomic E-state index is -0.401. The predicted octanol–water partition coefficient (Wildman–Crippen LogP) is 4.69. The van der Waals surface area contributed by atoms with E-state index in [1.165, 1.54) is 40.8 Å². The largest absolute Gasteiger partial charge is 0.437 e. The number of hydrogen-bond acceptors (Lipinski definition) is 4. The molecule has 2 unspecified atom stereocenters. The maximum Gasteiger partial charge on any atom is 0.376 e. The monoisotopic (exact) mass is 399 g/mol. The number of aliphatic imine (C=N–C) groups is 1. The highest BCUT2D eigenvalue weighted by Crippen LogP contribution is 2.55. The van der Waals surface area contributed by atoms with Gasteiger partial charge in [-0.2, -0.15) is 0 Å². The Morgan fingerprint density at radius 1 is 1.03 bits per heavy atom. The van der Waals surface area contributed by atoms with Crippen molar-refractivity contribution in [2.45, 2.75) is 64.0 Å². The van der Waals surface area contributed by atoms with Crippen LogP contribution in [0.15, 0.2) is 35.3 Å². The molecular formula is C25H30BN3O. The minimum absolute atomic E-state index is 0.286. The molecule has 0 aromatic heterocycles. The Morgan fingerprint density at radius 2 is 1.83 bits per heavy atom. The Morgan fingerprint density at radius 3 is 2.63 bits per heavy atom. The zero-order valence-electron chi connectivity index (χ0n) is 18.2. The summed E-state index contributed by atoms with van der Waals surface area (Å²) in [4.78, 5) is 9.78. The van der Waals surface area contributed by atoms with Gasteiger partial charge in [0.1, 0.15) is 0 Å². The van der Waals surface area contributed by atoms with Crippen LogP contribution in [0.25, 0.3) is 11.1 Å². The summed E-state index contributed by atoms with van der Waals surface area (Å²) in [6.07, 6.45) is 5.73. The van der Waals surface area contributed by atoms with Crippen molar-refractivity contribution in [1.82, 2.24) is 9.71 Å². The molecule has 2 saturated heterocycles. The predicted molar refractivity (Wildman–Crippen MR) is 123 cm³/mol. The first-order valence-corrected chi connectivity index (χ1v) is 11.5. The molecule has 0 spiro atoms. The first-order chi connectivity index (χ1) is 14.5. The standard InChI is InChI=1S/C25H30BN3O/c1-15-6-8-18(25-23-11-10-22(24(15)25)28(23)3)16-7-9-19-17(13-16)14-20(27-19)21-5-4-12-29(21)26(2)30/h6-9,13,21-23,30H,4-5,10-12,14H2,1-3H3/t21-,22?,23?/m0/s1. The molecule has 3 atom stereocenters. The third-order valence-electron chi connectivity index (χ3n) is 8.05. The Labute approximate surface area is 179 Å². The topological polar surface area (TPSA) is 39.1 Å². The van der Waals surface area contributed by atoms with Gasteiger partial charge in [-0.25, -0.2) is 0 Å². The molecule has 4 aliphatic heterocycles. The summed E-state index contributed by atoms with van der Waals surface area (Å²) in [6.45, 7) is 5.12. The maximum absolute atomic E-state index is 10.1. The molecule has 0 aliphatic carbocycles. The molecule has 2 aromatic rings. The second-order valence-corrected chi connectivity index (χ2v) is 9.68. The number of aryl methyl sites for hydroxylation is 1. The first kappa shape index (κ1) is 18.8. The van der Waals surface area contributed by atoms with E-state index in [1.54, 1.807) is 11.1 Å². The number of fused-ring (bicyclic) bond motifs is 6. The molecule has 0 radical (unpaired) electrons. The Kier molecular flexibility index (Phi) is 4.25. The smallest absolute Gasteiger partial charge is 0.376 e. The molecule has 2 aromatic carbocycles. The number of rotatable bonds is 3. The summed E-state index contributed by atoms with van der Waals surface area (Å²) in [6, 6.07) is 13.0. The average Bonchev–Trinajstić information content (AvgIpc) is 3.49. The first-order valence-electron chi connectivity index (χ1n) is 11.5. The van der Waals surface area contributed by atoms with Crippen LogP contribution < -0.4 is 0 Å². The van der Waals surface area contributed by atoms with Crippen molar-refractivity contribution >= 4 is 18.4 Å². The van der Waals surface area contributed by atoms with Crippen LogP contribution in [0.2, 0.25) is 6.82 Å². The Bertz CT molecular complexity index is 1060. The second-order valence-electron chi connectivity index (χ2n) is 9.68. The van der Waals surface area contributed by atoms with Gasteiger partial charge in [-0.15, -0.1) is 0 Å². The fraction of sp³-hybridized carbons (Fsp3) is 0.480. The molecule has 0 amide bonds. The third-order valence-corrected chi connectivity index (χ3v) is 8.05. The molecule has 154 valence electrons. The van der Waals surface area contributed by atoms with E-state index in [2.05, 4.69) is 54.0 Å². The van der Waals surface area contributed by atoms with Crippen LogP contribution in [0, 0.1) is 6.92 Å². The van der Waals surface area contributed by atoms with Crippen molar-refractivity contribution in [3.63, 3.8) is 0 Å². The van der Waals surface area contributed by atoms with Gasteiger partial charge in [0.25, 0.3) is 0 Å². The van der Waals surface area contributed by atoms with Gasteiger partial charge in [-0.3, -0.25) is 9.89 Å². The average molecular weight is 399 g/mol. The van der Waals surface area contributed by atoms with E-state index in [0.717, 1.165) is 31.5 Å². The van der Waals surface area contributed by atoms with Crippen molar-refractivity contribution in [2.75, 3.05) is 13.6 Å². The zero-order valence-corrected chi connectivity index (χ0v) is 18.2. The molecule has 0 saturated carbocycles.